The summed E-state index contributed by atoms with van der Waals surface area (Å²) in [6.45, 7) is 0. The zero-order chi connectivity index (χ0) is 19.6. The average Bonchev–Trinajstić information content (AvgIpc) is 3.06. The number of aromatic nitrogens is 1. The maximum Gasteiger partial charge on any atom is 0.269 e. The van der Waals surface area contributed by atoms with Gasteiger partial charge in [0.1, 0.15) is 5.75 Å². The minimum atomic E-state index is -0.440. The lowest BCUT2D eigenvalue weighted by molar-refractivity contribution is -0.384. The van der Waals surface area contributed by atoms with Gasteiger partial charge in [0.15, 0.2) is 0 Å². The van der Waals surface area contributed by atoms with Crippen LogP contribution >= 0.6 is 43.2 Å². The van der Waals surface area contributed by atoms with Crippen LogP contribution in [-0.2, 0) is 0 Å². The molecule has 10 heteroatoms. The van der Waals surface area contributed by atoms with Gasteiger partial charge < -0.3 is 5.11 Å². The summed E-state index contributed by atoms with van der Waals surface area (Å²) < 4.78 is 2.96. The van der Waals surface area contributed by atoms with Crippen molar-refractivity contribution < 1.29 is 10.0 Å². The van der Waals surface area contributed by atoms with Crippen molar-refractivity contribution in [2.75, 3.05) is 7.05 Å². The monoisotopic (exact) mass is 510 g/mol. The Labute approximate surface area is 174 Å². The van der Waals surface area contributed by atoms with Gasteiger partial charge in [-0.2, -0.15) is 5.10 Å². The van der Waals surface area contributed by atoms with Gasteiger partial charge in [-0.1, -0.05) is 15.9 Å². The molecule has 0 bridgehead atoms. The average molecular weight is 512 g/mol. The Morgan fingerprint density at radius 3 is 2.59 bits per heavy atom. The van der Waals surface area contributed by atoms with Gasteiger partial charge in [0.2, 0.25) is 4.80 Å². The number of benzene rings is 2. The second kappa shape index (κ2) is 8.15. The molecule has 0 aliphatic rings. The summed E-state index contributed by atoms with van der Waals surface area (Å²) in [5.41, 5.74) is 2.05. The number of phenols is 1. The first-order chi connectivity index (χ1) is 12.9. The van der Waals surface area contributed by atoms with Gasteiger partial charge in [0.25, 0.3) is 5.69 Å². The lowest BCUT2D eigenvalue weighted by atomic mass is 10.1. The minimum absolute atomic E-state index is 0.0216. The van der Waals surface area contributed by atoms with Crippen LogP contribution in [0.1, 0.15) is 5.56 Å². The predicted octanol–water partition coefficient (Wildman–Crippen LogP) is 4.77. The van der Waals surface area contributed by atoms with E-state index >= 15 is 0 Å². The highest BCUT2D eigenvalue weighted by molar-refractivity contribution is 9.11. The van der Waals surface area contributed by atoms with E-state index in [9.17, 15) is 15.2 Å². The first kappa shape index (κ1) is 19.5. The number of halogens is 2. The highest BCUT2D eigenvalue weighted by Gasteiger charge is 2.11. The molecule has 0 radical (unpaired) electrons. The van der Waals surface area contributed by atoms with Gasteiger partial charge in [-0.15, -0.1) is 11.3 Å². The summed E-state index contributed by atoms with van der Waals surface area (Å²) in [6.07, 6.45) is 1.53. The second-order valence-electron chi connectivity index (χ2n) is 5.31. The number of non-ortho nitro benzene ring substituents is 1. The third kappa shape index (κ3) is 4.18. The SMILES string of the molecule is CN=c1scc(-c2ccc([N+](=O)[O-])cc2)n1/N=C\c1cc(Br)cc(Br)c1O. The fourth-order valence-electron chi connectivity index (χ4n) is 2.32. The molecule has 1 aromatic heterocycles. The van der Waals surface area contributed by atoms with E-state index in [2.05, 4.69) is 42.0 Å². The summed E-state index contributed by atoms with van der Waals surface area (Å²) in [7, 11) is 1.66. The Morgan fingerprint density at radius 1 is 1.26 bits per heavy atom. The van der Waals surface area contributed by atoms with Gasteiger partial charge in [-0.3, -0.25) is 15.1 Å². The van der Waals surface area contributed by atoms with Gasteiger partial charge in [-0.05, 0) is 40.2 Å². The third-order valence-corrected chi connectivity index (χ3v) is 5.59. The van der Waals surface area contributed by atoms with Gasteiger partial charge >= 0.3 is 0 Å². The van der Waals surface area contributed by atoms with Crippen molar-refractivity contribution in [3.63, 3.8) is 0 Å². The zero-order valence-electron chi connectivity index (χ0n) is 13.8. The van der Waals surface area contributed by atoms with Crippen LogP contribution in [0.25, 0.3) is 11.3 Å². The molecule has 0 saturated heterocycles. The molecule has 3 rings (SSSR count). The van der Waals surface area contributed by atoms with Crippen molar-refractivity contribution >= 4 is 55.1 Å². The molecule has 0 unspecified atom stereocenters. The molecule has 0 saturated carbocycles. The standard InChI is InChI=1S/C17H12Br2N4O3S/c1-20-17-22(21-8-11-6-12(18)7-14(19)16(11)24)15(9-27-17)10-2-4-13(5-3-10)23(25)26/h2-9,24H,1H3/b20-17?,21-8-. The Balaban J connectivity index is 2.06. The minimum Gasteiger partial charge on any atom is -0.506 e. The van der Waals surface area contributed by atoms with Gasteiger partial charge in [-0.25, -0.2) is 4.68 Å². The molecule has 1 heterocycles. The Hall–Kier alpha value is -2.30. The predicted molar refractivity (Wildman–Crippen MR) is 112 cm³/mol. The van der Waals surface area contributed by atoms with Crippen LogP contribution in [-0.4, -0.2) is 28.0 Å². The van der Waals surface area contributed by atoms with Crippen molar-refractivity contribution in [1.82, 2.24) is 4.68 Å². The van der Waals surface area contributed by atoms with Crippen molar-refractivity contribution in [3.05, 3.63) is 71.2 Å². The van der Waals surface area contributed by atoms with Gasteiger partial charge in [0.05, 0.1) is 21.3 Å². The molecule has 0 amide bonds. The number of phenolic OH excluding ortho intramolecular Hbond substituents is 1. The second-order valence-corrected chi connectivity index (χ2v) is 7.92. The molecule has 27 heavy (non-hydrogen) atoms. The van der Waals surface area contributed by atoms with E-state index in [0.29, 0.717) is 14.8 Å². The van der Waals surface area contributed by atoms with E-state index in [1.54, 1.807) is 36.0 Å². The maximum absolute atomic E-state index is 10.8. The van der Waals surface area contributed by atoms with Crippen LogP contribution in [0.15, 0.2) is 60.8 Å². The zero-order valence-corrected chi connectivity index (χ0v) is 17.8. The fourth-order valence-corrected chi connectivity index (χ4v) is 4.38. The Bertz CT molecular complexity index is 1100. The summed E-state index contributed by atoms with van der Waals surface area (Å²) >= 11 is 8.07. The van der Waals surface area contributed by atoms with Crippen LogP contribution < -0.4 is 4.80 Å². The first-order valence-corrected chi connectivity index (χ1v) is 9.98. The topological polar surface area (TPSA) is 93.0 Å². The van der Waals surface area contributed by atoms with Crippen LogP contribution in [0.4, 0.5) is 5.69 Å². The van der Waals surface area contributed by atoms with E-state index in [-0.39, 0.29) is 11.4 Å². The molecular weight excluding hydrogens is 500 g/mol. The number of rotatable bonds is 4. The van der Waals surface area contributed by atoms with Crippen molar-refractivity contribution in [2.45, 2.75) is 0 Å². The summed E-state index contributed by atoms with van der Waals surface area (Å²) in [6, 6.07) is 9.70. The van der Waals surface area contributed by atoms with E-state index in [0.717, 1.165) is 15.7 Å². The molecule has 0 aliphatic heterocycles. The summed E-state index contributed by atoms with van der Waals surface area (Å²) in [5.74, 6) is 0.0738. The summed E-state index contributed by atoms with van der Waals surface area (Å²) in [5, 5.41) is 27.4. The van der Waals surface area contributed by atoms with Crippen LogP contribution in [0.5, 0.6) is 5.75 Å². The molecular formula is C17H12Br2N4O3S. The Morgan fingerprint density at radius 2 is 1.96 bits per heavy atom. The smallest absolute Gasteiger partial charge is 0.269 e. The molecule has 1 N–H and O–H groups in total. The number of thiazole rings is 1. The molecule has 7 nitrogen and oxygen atoms in total. The van der Waals surface area contributed by atoms with Crippen LogP contribution in [0.2, 0.25) is 0 Å². The number of nitro benzene ring substituents is 1. The van der Waals surface area contributed by atoms with E-state index < -0.39 is 4.92 Å². The van der Waals surface area contributed by atoms with E-state index in [1.165, 1.54) is 29.7 Å². The fraction of sp³-hybridized carbons (Fsp3) is 0.0588. The van der Waals surface area contributed by atoms with Crippen LogP contribution in [0.3, 0.4) is 0 Å². The number of nitrogens with zero attached hydrogens (tertiary/aromatic N) is 4. The van der Waals surface area contributed by atoms with Crippen molar-refractivity contribution in [3.8, 4) is 17.0 Å². The molecule has 0 fully saturated rings. The van der Waals surface area contributed by atoms with Gasteiger partial charge in [0, 0.05) is 40.2 Å². The molecule has 0 aliphatic carbocycles. The number of hydrogen-bond acceptors (Lipinski definition) is 6. The van der Waals surface area contributed by atoms with Crippen molar-refractivity contribution in [2.24, 2.45) is 10.1 Å². The number of nitro groups is 1. The molecule has 0 spiro atoms. The van der Waals surface area contributed by atoms with Crippen molar-refractivity contribution in [1.29, 1.82) is 0 Å². The quantitative estimate of drug-likeness (QED) is 0.310. The number of hydrogen-bond donors (Lipinski definition) is 1. The third-order valence-electron chi connectivity index (χ3n) is 3.62. The maximum atomic E-state index is 10.8. The largest absolute Gasteiger partial charge is 0.506 e. The molecule has 138 valence electrons. The van der Waals surface area contributed by atoms with Crippen LogP contribution in [0, 0.1) is 10.1 Å². The summed E-state index contributed by atoms with van der Waals surface area (Å²) in [4.78, 5) is 15.3. The Kier molecular flexibility index (Phi) is 5.88. The molecule has 3 aromatic rings. The highest BCUT2D eigenvalue weighted by atomic mass is 79.9. The number of aromatic hydroxyl groups is 1. The normalized spacial score (nSPS) is 12.0. The van der Waals surface area contributed by atoms with E-state index in [4.69, 9.17) is 0 Å². The molecule has 2 aromatic carbocycles. The lowest BCUT2D eigenvalue weighted by Gasteiger charge is -2.05. The van der Waals surface area contributed by atoms with E-state index in [1.807, 2.05) is 5.38 Å². The highest BCUT2D eigenvalue weighted by Crippen LogP contribution is 2.31. The molecule has 0 atom stereocenters. The lowest BCUT2D eigenvalue weighted by Crippen LogP contribution is -2.11. The first-order valence-electron chi connectivity index (χ1n) is 7.51.